The molecular formula is C11H16OSi. The maximum atomic E-state index is 5.11. The summed E-state index contributed by atoms with van der Waals surface area (Å²) >= 11 is 0. The molecule has 0 N–H and O–H groups in total. The molecule has 0 spiro atoms. The van der Waals surface area contributed by atoms with E-state index < -0.39 is 8.80 Å². The van der Waals surface area contributed by atoms with Crippen molar-refractivity contribution in [1.82, 2.24) is 0 Å². The van der Waals surface area contributed by atoms with Gasteiger partial charge in [0, 0.05) is 0 Å². The molecule has 0 aliphatic heterocycles. The van der Waals surface area contributed by atoms with E-state index in [2.05, 4.69) is 31.3 Å². The van der Waals surface area contributed by atoms with Crippen molar-refractivity contribution >= 4 is 14.0 Å². The minimum atomic E-state index is -0.874. The third kappa shape index (κ3) is 2.46. The van der Waals surface area contributed by atoms with Gasteiger partial charge in [-0.25, -0.2) is 0 Å². The van der Waals surface area contributed by atoms with Crippen LogP contribution in [0.15, 0.2) is 36.5 Å². The lowest BCUT2D eigenvalue weighted by molar-refractivity contribution is 0.415. The minimum Gasteiger partial charge on any atom is -0.497 e. The standard InChI is InChI=1S/C11H16OSi/c1-4-13(5-2)11-8-6-10(12-3)7-9-11/h4,6-9,13H,1,5H2,2-3H3. The largest absolute Gasteiger partial charge is 0.497 e. The summed E-state index contributed by atoms with van der Waals surface area (Å²) in [6.07, 6.45) is 0. The fraction of sp³-hybridized carbons (Fsp3) is 0.273. The Morgan fingerprint density at radius 3 is 2.38 bits per heavy atom. The van der Waals surface area contributed by atoms with Crippen LogP contribution in [0.4, 0.5) is 0 Å². The van der Waals surface area contributed by atoms with Crippen LogP contribution in [0.1, 0.15) is 6.92 Å². The van der Waals surface area contributed by atoms with Crippen molar-refractivity contribution in [3.63, 3.8) is 0 Å². The van der Waals surface area contributed by atoms with Crippen LogP contribution in [0.5, 0.6) is 5.75 Å². The molecule has 1 aromatic carbocycles. The zero-order chi connectivity index (χ0) is 9.68. The van der Waals surface area contributed by atoms with Crippen LogP contribution >= 0.6 is 0 Å². The summed E-state index contributed by atoms with van der Waals surface area (Å²) in [6, 6.07) is 9.58. The first-order valence-electron chi connectivity index (χ1n) is 4.58. The average molecular weight is 192 g/mol. The van der Waals surface area contributed by atoms with Gasteiger partial charge in [0.1, 0.15) is 5.75 Å². The van der Waals surface area contributed by atoms with Gasteiger partial charge >= 0.3 is 0 Å². The van der Waals surface area contributed by atoms with Crippen LogP contribution in [0.2, 0.25) is 6.04 Å². The van der Waals surface area contributed by atoms with Crippen molar-refractivity contribution in [3.05, 3.63) is 36.5 Å². The lowest BCUT2D eigenvalue weighted by Crippen LogP contribution is -2.26. The summed E-state index contributed by atoms with van der Waals surface area (Å²) in [6.45, 7) is 6.11. The molecule has 0 heterocycles. The first-order valence-corrected chi connectivity index (χ1v) is 6.64. The SMILES string of the molecule is C=C[SiH](CC)c1ccc(OC)cc1. The van der Waals surface area contributed by atoms with E-state index in [0.717, 1.165) is 5.75 Å². The third-order valence-electron chi connectivity index (χ3n) is 2.27. The van der Waals surface area contributed by atoms with Crippen LogP contribution in [0.25, 0.3) is 0 Å². The first-order chi connectivity index (χ1) is 6.31. The number of rotatable bonds is 4. The van der Waals surface area contributed by atoms with Crippen LogP contribution in [-0.4, -0.2) is 15.9 Å². The van der Waals surface area contributed by atoms with E-state index in [0.29, 0.717) is 0 Å². The molecule has 0 bridgehead atoms. The van der Waals surface area contributed by atoms with Gasteiger partial charge in [-0.05, 0) is 12.1 Å². The molecular weight excluding hydrogens is 176 g/mol. The highest BCUT2D eigenvalue weighted by Gasteiger charge is 2.05. The van der Waals surface area contributed by atoms with E-state index in [9.17, 15) is 0 Å². The predicted molar refractivity (Wildman–Crippen MR) is 60.5 cm³/mol. The van der Waals surface area contributed by atoms with Gasteiger partial charge in [-0.3, -0.25) is 0 Å². The minimum absolute atomic E-state index is 0.874. The molecule has 0 fully saturated rings. The molecule has 13 heavy (non-hydrogen) atoms. The second kappa shape index (κ2) is 4.87. The Hall–Kier alpha value is -1.02. The average Bonchev–Trinajstić information content (AvgIpc) is 2.21. The molecule has 0 aromatic heterocycles. The molecule has 0 aliphatic rings. The van der Waals surface area contributed by atoms with E-state index in [1.807, 2.05) is 12.1 Å². The normalized spacial score (nSPS) is 12.2. The Morgan fingerprint density at radius 1 is 1.38 bits per heavy atom. The highest BCUT2D eigenvalue weighted by Crippen LogP contribution is 2.07. The van der Waals surface area contributed by atoms with Gasteiger partial charge in [-0.2, -0.15) is 0 Å². The highest BCUT2D eigenvalue weighted by atomic mass is 28.3. The zero-order valence-corrected chi connectivity index (χ0v) is 9.44. The Morgan fingerprint density at radius 2 is 2.00 bits per heavy atom. The van der Waals surface area contributed by atoms with Crippen LogP contribution in [-0.2, 0) is 0 Å². The third-order valence-corrected chi connectivity index (χ3v) is 4.96. The molecule has 1 unspecified atom stereocenters. The fourth-order valence-corrected chi connectivity index (χ4v) is 3.15. The predicted octanol–water partition coefficient (Wildman–Crippen LogP) is 1.87. The van der Waals surface area contributed by atoms with Gasteiger partial charge in [0.2, 0.25) is 0 Å². The van der Waals surface area contributed by atoms with Gasteiger partial charge in [-0.1, -0.05) is 30.3 Å². The summed E-state index contributed by atoms with van der Waals surface area (Å²) < 4.78 is 5.11. The number of methoxy groups -OCH3 is 1. The summed E-state index contributed by atoms with van der Waals surface area (Å²) in [5, 5.41) is 1.44. The van der Waals surface area contributed by atoms with Crippen molar-refractivity contribution in [2.45, 2.75) is 13.0 Å². The molecule has 0 saturated heterocycles. The van der Waals surface area contributed by atoms with Gasteiger partial charge in [-0.15, -0.1) is 12.3 Å². The second-order valence-corrected chi connectivity index (χ2v) is 6.19. The van der Waals surface area contributed by atoms with Crippen molar-refractivity contribution < 1.29 is 4.74 Å². The van der Waals surface area contributed by atoms with E-state index in [1.54, 1.807) is 7.11 Å². The molecule has 70 valence electrons. The van der Waals surface area contributed by atoms with Crippen molar-refractivity contribution in [2.75, 3.05) is 7.11 Å². The second-order valence-electron chi connectivity index (χ2n) is 3.02. The van der Waals surface area contributed by atoms with Gasteiger partial charge < -0.3 is 4.74 Å². The fourth-order valence-electron chi connectivity index (χ4n) is 1.39. The molecule has 0 aliphatic carbocycles. The number of hydrogen-bond donors (Lipinski definition) is 0. The van der Waals surface area contributed by atoms with Crippen LogP contribution < -0.4 is 9.92 Å². The van der Waals surface area contributed by atoms with E-state index >= 15 is 0 Å². The lowest BCUT2D eigenvalue weighted by atomic mass is 10.3. The number of benzene rings is 1. The summed E-state index contributed by atoms with van der Waals surface area (Å²) in [5.41, 5.74) is 2.13. The van der Waals surface area contributed by atoms with Gasteiger partial charge in [0.25, 0.3) is 0 Å². The van der Waals surface area contributed by atoms with Crippen LogP contribution in [0, 0.1) is 0 Å². The first kappa shape index (κ1) is 10.1. The topological polar surface area (TPSA) is 9.23 Å². The summed E-state index contributed by atoms with van der Waals surface area (Å²) in [5.74, 6) is 0.927. The number of hydrogen-bond acceptors (Lipinski definition) is 1. The Kier molecular flexibility index (Phi) is 3.77. The highest BCUT2D eigenvalue weighted by molar-refractivity contribution is 6.77. The van der Waals surface area contributed by atoms with E-state index in [1.165, 1.54) is 11.2 Å². The Labute approximate surface area is 81.7 Å². The quantitative estimate of drug-likeness (QED) is 0.662. The van der Waals surface area contributed by atoms with Crippen molar-refractivity contribution in [2.24, 2.45) is 0 Å². The lowest BCUT2D eigenvalue weighted by Gasteiger charge is -2.08. The van der Waals surface area contributed by atoms with Gasteiger partial charge in [0.15, 0.2) is 0 Å². The van der Waals surface area contributed by atoms with E-state index in [4.69, 9.17) is 4.74 Å². The van der Waals surface area contributed by atoms with Crippen LogP contribution in [0.3, 0.4) is 0 Å². The number of ether oxygens (including phenoxy) is 1. The Balaban J connectivity index is 2.83. The maximum absolute atomic E-state index is 5.11. The molecule has 1 aromatic rings. The molecule has 2 heteroatoms. The van der Waals surface area contributed by atoms with Gasteiger partial charge in [0.05, 0.1) is 15.9 Å². The summed E-state index contributed by atoms with van der Waals surface area (Å²) in [4.78, 5) is 0. The maximum Gasteiger partial charge on any atom is 0.118 e. The van der Waals surface area contributed by atoms with Crippen molar-refractivity contribution in [3.8, 4) is 5.75 Å². The smallest absolute Gasteiger partial charge is 0.118 e. The molecule has 0 radical (unpaired) electrons. The molecule has 0 saturated carbocycles. The summed E-state index contributed by atoms with van der Waals surface area (Å²) in [7, 11) is 0.818. The molecule has 0 amide bonds. The van der Waals surface area contributed by atoms with Crippen molar-refractivity contribution in [1.29, 1.82) is 0 Å². The Bertz CT molecular complexity index is 266. The van der Waals surface area contributed by atoms with E-state index in [-0.39, 0.29) is 0 Å². The molecule has 1 atom stereocenters. The molecule has 1 nitrogen and oxygen atoms in total. The molecule has 1 rings (SSSR count). The monoisotopic (exact) mass is 192 g/mol. The zero-order valence-electron chi connectivity index (χ0n) is 8.29.